The fourth-order valence-electron chi connectivity index (χ4n) is 2.97. The van der Waals surface area contributed by atoms with Gasteiger partial charge in [-0.05, 0) is 34.2 Å². The molecule has 0 saturated heterocycles. The van der Waals surface area contributed by atoms with Gasteiger partial charge in [-0.15, -0.1) is 0 Å². The molecule has 2 nitrogen and oxygen atoms in total. The summed E-state index contributed by atoms with van der Waals surface area (Å²) in [7, 11) is 0. The number of aromatic nitrogens is 1. The zero-order valence-electron chi connectivity index (χ0n) is 12.8. The van der Waals surface area contributed by atoms with E-state index in [2.05, 4.69) is 27.6 Å². The summed E-state index contributed by atoms with van der Waals surface area (Å²) in [4.78, 5) is 16.7. The van der Waals surface area contributed by atoms with Crippen molar-refractivity contribution in [2.75, 3.05) is 0 Å². The van der Waals surface area contributed by atoms with Gasteiger partial charge in [-0.1, -0.05) is 72.8 Å². The summed E-state index contributed by atoms with van der Waals surface area (Å²) < 4.78 is 1.11. The third-order valence-corrected chi connectivity index (χ3v) is 5.01. The Labute approximate surface area is 153 Å². The Bertz CT molecular complexity index is 1020. The number of aromatic amines is 1. The summed E-state index contributed by atoms with van der Waals surface area (Å²) in [6, 6.07) is 25.5. The summed E-state index contributed by atoms with van der Waals surface area (Å²) in [5.41, 5.74) is 4.35. The molecule has 0 unspecified atom stereocenters. The molecule has 0 radical (unpaired) electrons. The highest BCUT2D eigenvalue weighted by molar-refractivity contribution is 14.1. The molecule has 116 valence electrons. The normalized spacial score (nSPS) is 10.9. The molecule has 0 saturated carbocycles. The van der Waals surface area contributed by atoms with Crippen LogP contribution in [0, 0.1) is 3.57 Å². The van der Waals surface area contributed by atoms with Gasteiger partial charge in [-0.2, -0.15) is 0 Å². The predicted molar refractivity (Wildman–Crippen MR) is 106 cm³/mol. The van der Waals surface area contributed by atoms with Crippen LogP contribution in [0.25, 0.3) is 22.2 Å². The van der Waals surface area contributed by atoms with Gasteiger partial charge in [-0.3, -0.25) is 4.79 Å². The molecule has 0 amide bonds. The van der Waals surface area contributed by atoms with Crippen LogP contribution in [0.1, 0.15) is 15.9 Å². The maximum Gasteiger partial charge on any atom is 0.195 e. The first-order chi connectivity index (χ1) is 11.8. The van der Waals surface area contributed by atoms with Crippen molar-refractivity contribution in [1.29, 1.82) is 0 Å². The fraction of sp³-hybridized carbons (Fsp3) is 0. The fourth-order valence-corrected chi connectivity index (χ4v) is 3.61. The minimum Gasteiger partial charge on any atom is -0.353 e. The molecule has 0 spiro atoms. The molecule has 0 aliphatic carbocycles. The third kappa shape index (κ3) is 2.55. The van der Waals surface area contributed by atoms with Crippen LogP contribution in [0.5, 0.6) is 0 Å². The van der Waals surface area contributed by atoms with E-state index < -0.39 is 0 Å². The SMILES string of the molecule is O=C(c1ccccc1)c1c(-c2ccccc2)[nH]c2c(I)cccc12. The molecule has 24 heavy (non-hydrogen) atoms. The highest BCUT2D eigenvalue weighted by Crippen LogP contribution is 2.34. The molecule has 4 aromatic rings. The Morgan fingerprint density at radius 1 is 0.792 bits per heavy atom. The van der Waals surface area contributed by atoms with Crippen molar-refractivity contribution in [2.45, 2.75) is 0 Å². The molecule has 1 N–H and O–H groups in total. The van der Waals surface area contributed by atoms with Gasteiger partial charge >= 0.3 is 0 Å². The molecule has 0 atom stereocenters. The van der Waals surface area contributed by atoms with Crippen molar-refractivity contribution in [1.82, 2.24) is 4.98 Å². The molecule has 0 bridgehead atoms. The average molecular weight is 423 g/mol. The van der Waals surface area contributed by atoms with Crippen LogP contribution in [-0.4, -0.2) is 10.8 Å². The molecular formula is C21H14INO. The molecule has 0 aliphatic heterocycles. The number of nitrogens with one attached hydrogen (secondary N) is 1. The number of ketones is 1. The minimum atomic E-state index is 0.0442. The summed E-state index contributed by atoms with van der Waals surface area (Å²) in [5, 5.41) is 0.967. The molecular weight excluding hydrogens is 409 g/mol. The van der Waals surface area contributed by atoms with E-state index in [1.54, 1.807) is 0 Å². The van der Waals surface area contributed by atoms with E-state index >= 15 is 0 Å². The first kappa shape index (κ1) is 15.1. The largest absolute Gasteiger partial charge is 0.353 e. The van der Waals surface area contributed by atoms with Crippen LogP contribution in [-0.2, 0) is 0 Å². The number of hydrogen-bond donors (Lipinski definition) is 1. The van der Waals surface area contributed by atoms with Gasteiger partial charge in [0.25, 0.3) is 0 Å². The van der Waals surface area contributed by atoms with Crippen LogP contribution in [0.3, 0.4) is 0 Å². The lowest BCUT2D eigenvalue weighted by Gasteiger charge is -2.05. The lowest BCUT2D eigenvalue weighted by molar-refractivity contribution is 0.104. The van der Waals surface area contributed by atoms with Crippen LogP contribution in [0.4, 0.5) is 0 Å². The number of carbonyl (C=O) groups is 1. The Morgan fingerprint density at radius 3 is 2.17 bits per heavy atom. The van der Waals surface area contributed by atoms with Crippen molar-refractivity contribution in [3.05, 3.63) is 93.6 Å². The molecule has 0 aliphatic rings. The van der Waals surface area contributed by atoms with Crippen molar-refractivity contribution in [3.8, 4) is 11.3 Å². The van der Waals surface area contributed by atoms with Crippen molar-refractivity contribution in [3.63, 3.8) is 0 Å². The Kier molecular flexibility index (Phi) is 3.94. The van der Waals surface area contributed by atoms with Crippen LogP contribution >= 0.6 is 22.6 Å². The zero-order chi connectivity index (χ0) is 16.5. The first-order valence-electron chi connectivity index (χ1n) is 7.71. The third-order valence-electron chi connectivity index (χ3n) is 4.11. The van der Waals surface area contributed by atoms with Gasteiger partial charge in [0.05, 0.1) is 16.8 Å². The average Bonchev–Trinajstić information content (AvgIpc) is 3.03. The van der Waals surface area contributed by atoms with E-state index in [9.17, 15) is 4.79 Å². The predicted octanol–water partition coefficient (Wildman–Crippen LogP) is 5.67. The Morgan fingerprint density at radius 2 is 1.46 bits per heavy atom. The molecule has 3 aromatic carbocycles. The molecule has 3 heteroatoms. The number of halogens is 1. The molecule has 1 heterocycles. The van der Waals surface area contributed by atoms with E-state index in [4.69, 9.17) is 0 Å². The number of hydrogen-bond acceptors (Lipinski definition) is 1. The summed E-state index contributed by atoms with van der Waals surface area (Å²) in [6.45, 7) is 0. The van der Waals surface area contributed by atoms with E-state index in [1.807, 2.05) is 78.9 Å². The second-order valence-corrected chi connectivity index (χ2v) is 6.76. The lowest BCUT2D eigenvalue weighted by Crippen LogP contribution is -2.02. The smallest absolute Gasteiger partial charge is 0.195 e. The highest BCUT2D eigenvalue weighted by atomic mass is 127. The van der Waals surface area contributed by atoms with Crippen molar-refractivity contribution in [2.24, 2.45) is 0 Å². The summed E-state index contributed by atoms with van der Waals surface area (Å²) in [6.07, 6.45) is 0. The lowest BCUT2D eigenvalue weighted by atomic mass is 9.97. The highest BCUT2D eigenvalue weighted by Gasteiger charge is 2.21. The van der Waals surface area contributed by atoms with Gasteiger partial charge in [-0.25, -0.2) is 0 Å². The number of fused-ring (bicyclic) bond motifs is 1. The zero-order valence-corrected chi connectivity index (χ0v) is 14.9. The van der Waals surface area contributed by atoms with Gasteiger partial charge < -0.3 is 4.98 Å². The van der Waals surface area contributed by atoms with Gasteiger partial charge in [0.2, 0.25) is 0 Å². The van der Waals surface area contributed by atoms with Crippen LogP contribution in [0.2, 0.25) is 0 Å². The van der Waals surface area contributed by atoms with Gasteiger partial charge in [0.1, 0.15) is 0 Å². The van der Waals surface area contributed by atoms with Crippen LogP contribution < -0.4 is 0 Å². The number of para-hydroxylation sites is 1. The summed E-state index contributed by atoms with van der Waals surface area (Å²) >= 11 is 2.30. The standard InChI is InChI=1S/C21H14INO/c22-17-13-7-12-16-18(21(24)15-10-5-2-6-11-15)19(23-20(16)17)14-8-3-1-4-9-14/h1-13,23H. The molecule has 4 rings (SSSR count). The quantitative estimate of drug-likeness (QED) is 0.334. The van der Waals surface area contributed by atoms with Crippen molar-refractivity contribution < 1.29 is 4.79 Å². The second-order valence-electron chi connectivity index (χ2n) is 5.60. The first-order valence-corrected chi connectivity index (χ1v) is 8.79. The number of benzene rings is 3. The maximum atomic E-state index is 13.2. The van der Waals surface area contributed by atoms with Gasteiger partial charge in [0.15, 0.2) is 5.78 Å². The van der Waals surface area contributed by atoms with Gasteiger partial charge in [0, 0.05) is 14.5 Å². The monoisotopic (exact) mass is 423 g/mol. The molecule has 1 aromatic heterocycles. The number of H-pyrrole nitrogens is 1. The number of rotatable bonds is 3. The van der Waals surface area contributed by atoms with Crippen molar-refractivity contribution >= 4 is 39.3 Å². The summed E-state index contributed by atoms with van der Waals surface area (Å²) in [5.74, 6) is 0.0442. The van der Waals surface area contributed by atoms with Crippen LogP contribution in [0.15, 0.2) is 78.9 Å². The maximum absolute atomic E-state index is 13.2. The second kappa shape index (κ2) is 6.24. The number of carbonyl (C=O) groups excluding carboxylic acids is 1. The van der Waals surface area contributed by atoms with E-state index in [1.165, 1.54) is 0 Å². The molecule has 0 fully saturated rings. The minimum absolute atomic E-state index is 0.0442. The van der Waals surface area contributed by atoms with E-state index in [-0.39, 0.29) is 5.78 Å². The Balaban J connectivity index is 2.02. The van der Waals surface area contributed by atoms with E-state index in [0.717, 1.165) is 31.3 Å². The topological polar surface area (TPSA) is 32.9 Å². The Hall–Kier alpha value is -2.40. The van der Waals surface area contributed by atoms with E-state index in [0.29, 0.717) is 5.56 Å².